The van der Waals surface area contributed by atoms with Crippen molar-refractivity contribution in [1.29, 1.82) is 0 Å². The minimum Gasteiger partial charge on any atom is -0.320 e. The summed E-state index contributed by atoms with van der Waals surface area (Å²) in [5, 5.41) is 7.55. The monoisotopic (exact) mass is 195 g/mol. The van der Waals surface area contributed by atoms with Gasteiger partial charge in [-0.05, 0) is 52.8 Å². The molecule has 3 heteroatoms. The Bertz CT molecular complexity index is 276. The molecule has 0 bridgehead atoms. The molecule has 1 aromatic rings. The summed E-state index contributed by atoms with van der Waals surface area (Å²) in [7, 11) is 1.99. The van der Waals surface area contributed by atoms with E-state index < -0.39 is 0 Å². The molecule has 0 aliphatic heterocycles. The van der Waals surface area contributed by atoms with Crippen LogP contribution in [0.5, 0.6) is 0 Å². The fraction of sp³-hybridized carbons (Fsp3) is 0.727. The van der Waals surface area contributed by atoms with Gasteiger partial charge in [-0.15, -0.1) is 0 Å². The Morgan fingerprint density at radius 2 is 2.21 bits per heavy atom. The molecule has 0 saturated carbocycles. The van der Waals surface area contributed by atoms with Gasteiger partial charge in [-0.2, -0.15) is 5.10 Å². The maximum absolute atomic E-state index is 4.39. The van der Waals surface area contributed by atoms with Gasteiger partial charge in [0.25, 0.3) is 0 Å². The van der Waals surface area contributed by atoms with Crippen LogP contribution in [0.4, 0.5) is 0 Å². The van der Waals surface area contributed by atoms with Crippen molar-refractivity contribution in [3.8, 4) is 0 Å². The lowest BCUT2D eigenvalue weighted by Crippen LogP contribution is -2.09. The van der Waals surface area contributed by atoms with Gasteiger partial charge in [0.05, 0.1) is 6.20 Å². The first-order valence-corrected chi connectivity index (χ1v) is 5.34. The van der Waals surface area contributed by atoms with Crippen molar-refractivity contribution in [2.45, 2.75) is 39.7 Å². The minimum atomic E-state index is 0.466. The predicted octanol–water partition coefficient (Wildman–Crippen LogP) is 1.92. The van der Waals surface area contributed by atoms with Crippen LogP contribution in [-0.4, -0.2) is 23.4 Å². The average Bonchev–Trinajstić information content (AvgIpc) is 2.48. The second-order valence-electron chi connectivity index (χ2n) is 4.00. The second kappa shape index (κ2) is 5.15. The SMILES string of the molecule is CNCCCc1cnn(C(C)C)c1C. The summed E-state index contributed by atoms with van der Waals surface area (Å²) in [6.45, 7) is 7.56. The maximum atomic E-state index is 4.39. The second-order valence-corrected chi connectivity index (χ2v) is 4.00. The van der Waals surface area contributed by atoms with Gasteiger partial charge < -0.3 is 5.32 Å². The number of aryl methyl sites for hydroxylation is 1. The lowest BCUT2D eigenvalue weighted by Gasteiger charge is -2.08. The summed E-state index contributed by atoms with van der Waals surface area (Å²) in [4.78, 5) is 0. The van der Waals surface area contributed by atoms with Crippen LogP contribution in [0.2, 0.25) is 0 Å². The zero-order valence-corrected chi connectivity index (χ0v) is 9.67. The molecule has 1 N–H and O–H groups in total. The number of nitrogens with one attached hydrogen (secondary N) is 1. The van der Waals surface area contributed by atoms with E-state index in [1.165, 1.54) is 17.7 Å². The van der Waals surface area contributed by atoms with E-state index in [1.807, 2.05) is 13.2 Å². The molecule has 1 heterocycles. The topological polar surface area (TPSA) is 29.9 Å². The number of hydrogen-bond acceptors (Lipinski definition) is 2. The van der Waals surface area contributed by atoms with Gasteiger partial charge in [-0.1, -0.05) is 0 Å². The third kappa shape index (κ3) is 2.58. The molecule has 0 saturated heterocycles. The highest BCUT2D eigenvalue weighted by atomic mass is 15.3. The lowest BCUT2D eigenvalue weighted by molar-refractivity contribution is 0.518. The highest BCUT2D eigenvalue weighted by molar-refractivity contribution is 5.16. The third-order valence-electron chi connectivity index (χ3n) is 2.51. The molecule has 0 aliphatic rings. The van der Waals surface area contributed by atoms with Gasteiger partial charge >= 0.3 is 0 Å². The highest BCUT2D eigenvalue weighted by Crippen LogP contribution is 2.13. The molecule has 0 spiro atoms. The molecule has 0 fully saturated rings. The zero-order chi connectivity index (χ0) is 10.6. The van der Waals surface area contributed by atoms with E-state index in [0.717, 1.165) is 13.0 Å². The van der Waals surface area contributed by atoms with E-state index in [-0.39, 0.29) is 0 Å². The summed E-state index contributed by atoms with van der Waals surface area (Å²) >= 11 is 0. The summed E-state index contributed by atoms with van der Waals surface area (Å²) < 4.78 is 2.09. The first-order valence-electron chi connectivity index (χ1n) is 5.34. The average molecular weight is 195 g/mol. The Labute approximate surface area is 86.5 Å². The van der Waals surface area contributed by atoms with Gasteiger partial charge in [0.15, 0.2) is 0 Å². The Hall–Kier alpha value is -0.830. The Morgan fingerprint density at radius 3 is 2.71 bits per heavy atom. The van der Waals surface area contributed by atoms with E-state index in [1.54, 1.807) is 0 Å². The number of rotatable bonds is 5. The van der Waals surface area contributed by atoms with Gasteiger partial charge in [0.1, 0.15) is 0 Å². The van der Waals surface area contributed by atoms with Crippen molar-refractivity contribution < 1.29 is 0 Å². The molecule has 0 aliphatic carbocycles. The van der Waals surface area contributed by atoms with Crippen molar-refractivity contribution in [2.24, 2.45) is 0 Å². The molecule has 3 nitrogen and oxygen atoms in total. The van der Waals surface area contributed by atoms with Crippen LogP contribution in [0.1, 0.15) is 37.6 Å². The fourth-order valence-corrected chi connectivity index (χ4v) is 1.68. The molecule has 80 valence electrons. The summed E-state index contributed by atoms with van der Waals surface area (Å²) in [5.41, 5.74) is 2.70. The number of nitrogens with zero attached hydrogens (tertiary/aromatic N) is 2. The normalized spacial score (nSPS) is 11.2. The summed E-state index contributed by atoms with van der Waals surface area (Å²) in [6.07, 6.45) is 4.31. The molecular weight excluding hydrogens is 174 g/mol. The molecule has 0 atom stereocenters. The maximum Gasteiger partial charge on any atom is 0.0524 e. The molecule has 1 rings (SSSR count). The van der Waals surface area contributed by atoms with Crippen LogP contribution in [0.15, 0.2) is 6.20 Å². The van der Waals surface area contributed by atoms with Gasteiger partial charge in [0, 0.05) is 11.7 Å². The Morgan fingerprint density at radius 1 is 1.50 bits per heavy atom. The Kier molecular flexibility index (Phi) is 4.14. The minimum absolute atomic E-state index is 0.466. The van der Waals surface area contributed by atoms with E-state index in [4.69, 9.17) is 0 Å². The molecule has 14 heavy (non-hydrogen) atoms. The van der Waals surface area contributed by atoms with Crippen molar-refractivity contribution in [3.63, 3.8) is 0 Å². The van der Waals surface area contributed by atoms with E-state index in [0.29, 0.717) is 6.04 Å². The first kappa shape index (κ1) is 11.2. The van der Waals surface area contributed by atoms with Crippen LogP contribution in [0.3, 0.4) is 0 Å². The quantitative estimate of drug-likeness (QED) is 0.727. The smallest absolute Gasteiger partial charge is 0.0524 e. The largest absolute Gasteiger partial charge is 0.320 e. The van der Waals surface area contributed by atoms with Crippen LogP contribution in [-0.2, 0) is 6.42 Å². The Balaban J connectivity index is 2.60. The van der Waals surface area contributed by atoms with Crippen molar-refractivity contribution in [1.82, 2.24) is 15.1 Å². The van der Waals surface area contributed by atoms with Crippen LogP contribution >= 0.6 is 0 Å². The van der Waals surface area contributed by atoms with E-state index in [2.05, 4.69) is 35.9 Å². The highest BCUT2D eigenvalue weighted by Gasteiger charge is 2.07. The summed E-state index contributed by atoms with van der Waals surface area (Å²) in [6, 6.07) is 0.466. The van der Waals surface area contributed by atoms with Crippen molar-refractivity contribution in [2.75, 3.05) is 13.6 Å². The number of aromatic nitrogens is 2. The third-order valence-corrected chi connectivity index (χ3v) is 2.51. The molecule has 1 aromatic heterocycles. The van der Waals surface area contributed by atoms with E-state index in [9.17, 15) is 0 Å². The van der Waals surface area contributed by atoms with Crippen molar-refractivity contribution in [3.05, 3.63) is 17.5 Å². The predicted molar refractivity (Wildman–Crippen MR) is 59.6 cm³/mol. The van der Waals surface area contributed by atoms with Crippen LogP contribution < -0.4 is 5.32 Å². The van der Waals surface area contributed by atoms with Gasteiger partial charge in [-0.3, -0.25) is 4.68 Å². The summed E-state index contributed by atoms with van der Waals surface area (Å²) in [5.74, 6) is 0. The molecular formula is C11H21N3. The molecule has 0 unspecified atom stereocenters. The molecule has 0 amide bonds. The molecule has 0 radical (unpaired) electrons. The van der Waals surface area contributed by atoms with Crippen LogP contribution in [0.25, 0.3) is 0 Å². The standard InChI is InChI=1S/C11H21N3/c1-9(2)14-10(3)11(8-13-14)6-5-7-12-4/h8-9,12H,5-7H2,1-4H3. The van der Waals surface area contributed by atoms with Gasteiger partial charge in [-0.25, -0.2) is 0 Å². The fourth-order valence-electron chi connectivity index (χ4n) is 1.68. The van der Waals surface area contributed by atoms with Gasteiger partial charge in [0.2, 0.25) is 0 Å². The lowest BCUT2D eigenvalue weighted by atomic mass is 10.1. The zero-order valence-electron chi connectivity index (χ0n) is 9.67. The van der Waals surface area contributed by atoms with E-state index >= 15 is 0 Å². The number of hydrogen-bond donors (Lipinski definition) is 1. The van der Waals surface area contributed by atoms with Crippen LogP contribution in [0, 0.1) is 6.92 Å². The first-order chi connectivity index (χ1) is 6.66. The van der Waals surface area contributed by atoms with Crippen molar-refractivity contribution >= 4 is 0 Å². The molecule has 0 aromatic carbocycles.